The summed E-state index contributed by atoms with van der Waals surface area (Å²) in [5.41, 5.74) is 1.36. The van der Waals surface area contributed by atoms with Gasteiger partial charge in [0, 0.05) is 18.4 Å². The molecule has 1 unspecified atom stereocenters. The zero-order valence-electron chi connectivity index (χ0n) is 7.76. The fourth-order valence-corrected chi connectivity index (χ4v) is 2.46. The van der Waals surface area contributed by atoms with Crippen molar-refractivity contribution in [2.75, 3.05) is 13.6 Å². The second-order valence-corrected chi connectivity index (χ2v) is 4.30. The van der Waals surface area contributed by atoms with Gasteiger partial charge in [-0.2, -0.15) is 0 Å². The SMILES string of the molecule is CNCC1CCn2c(cnc2Br)C1. The van der Waals surface area contributed by atoms with E-state index >= 15 is 0 Å². The van der Waals surface area contributed by atoms with E-state index in [0.29, 0.717) is 0 Å². The van der Waals surface area contributed by atoms with Crippen molar-refractivity contribution in [1.82, 2.24) is 14.9 Å². The average molecular weight is 244 g/mol. The molecule has 1 atom stereocenters. The Kier molecular flexibility index (Phi) is 2.69. The average Bonchev–Trinajstić information content (AvgIpc) is 2.48. The third kappa shape index (κ3) is 1.79. The van der Waals surface area contributed by atoms with E-state index in [4.69, 9.17) is 0 Å². The van der Waals surface area contributed by atoms with Crippen LogP contribution in [0.4, 0.5) is 0 Å². The summed E-state index contributed by atoms with van der Waals surface area (Å²) in [6.07, 6.45) is 4.38. The third-order valence-electron chi connectivity index (χ3n) is 2.64. The Balaban J connectivity index is 2.11. The fraction of sp³-hybridized carbons (Fsp3) is 0.667. The van der Waals surface area contributed by atoms with Gasteiger partial charge in [-0.25, -0.2) is 4.98 Å². The van der Waals surface area contributed by atoms with Crippen LogP contribution in [0.1, 0.15) is 12.1 Å². The lowest BCUT2D eigenvalue weighted by Gasteiger charge is -2.23. The number of halogens is 1. The smallest absolute Gasteiger partial charge is 0.177 e. The van der Waals surface area contributed by atoms with Crippen LogP contribution in [0, 0.1) is 5.92 Å². The molecule has 0 spiro atoms. The molecule has 0 fully saturated rings. The van der Waals surface area contributed by atoms with Gasteiger partial charge >= 0.3 is 0 Å². The quantitative estimate of drug-likeness (QED) is 0.852. The maximum Gasteiger partial charge on any atom is 0.177 e. The van der Waals surface area contributed by atoms with Crippen molar-refractivity contribution in [3.63, 3.8) is 0 Å². The zero-order valence-corrected chi connectivity index (χ0v) is 9.34. The van der Waals surface area contributed by atoms with Crippen LogP contribution in [0.3, 0.4) is 0 Å². The predicted octanol–water partition coefficient (Wildman–Crippen LogP) is 1.43. The van der Waals surface area contributed by atoms with Crippen molar-refractivity contribution in [1.29, 1.82) is 0 Å². The number of nitrogens with one attached hydrogen (secondary N) is 1. The normalized spacial score (nSPS) is 21.5. The molecule has 1 aromatic heterocycles. The van der Waals surface area contributed by atoms with Crippen LogP contribution in [0.5, 0.6) is 0 Å². The highest BCUT2D eigenvalue weighted by molar-refractivity contribution is 9.10. The maximum absolute atomic E-state index is 4.25. The first-order chi connectivity index (χ1) is 6.31. The molecule has 0 amide bonds. The first-order valence-corrected chi connectivity index (χ1v) is 5.45. The lowest BCUT2D eigenvalue weighted by molar-refractivity contribution is 0.375. The molecule has 1 aromatic rings. The number of hydrogen-bond acceptors (Lipinski definition) is 2. The van der Waals surface area contributed by atoms with Crippen LogP contribution in [0.15, 0.2) is 10.9 Å². The molecule has 1 aliphatic rings. The molecule has 1 aliphatic heterocycles. The first-order valence-electron chi connectivity index (χ1n) is 4.65. The Labute approximate surface area is 86.7 Å². The minimum absolute atomic E-state index is 0.779. The topological polar surface area (TPSA) is 29.9 Å². The van der Waals surface area contributed by atoms with E-state index in [1.54, 1.807) is 0 Å². The molecule has 0 aliphatic carbocycles. The van der Waals surface area contributed by atoms with E-state index < -0.39 is 0 Å². The van der Waals surface area contributed by atoms with Gasteiger partial charge < -0.3 is 9.88 Å². The maximum atomic E-state index is 4.25. The predicted molar refractivity (Wildman–Crippen MR) is 55.7 cm³/mol. The van der Waals surface area contributed by atoms with Crippen molar-refractivity contribution in [3.8, 4) is 0 Å². The molecule has 2 heterocycles. The largest absolute Gasteiger partial charge is 0.323 e. The Bertz CT molecular complexity index is 295. The Morgan fingerprint density at radius 2 is 2.62 bits per heavy atom. The summed E-state index contributed by atoms with van der Waals surface area (Å²) < 4.78 is 3.23. The van der Waals surface area contributed by atoms with E-state index in [1.807, 2.05) is 13.2 Å². The van der Waals surface area contributed by atoms with Gasteiger partial charge in [0.25, 0.3) is 0 Å². The van der Waals surface area contributed by atoms with Gasteiger partial charge in [0.15, 0.2) is 4.73 Å². The summed E-state index contributed by atoms with van der Waals surface area (Å²) in [4.78, 5) is 4.25. The van der Waals surface area contributed by atoms with E-state index in [9.17, 15) is 0 Å². The number of rotatable bonds is 2. The molecule has 0 saturated carbocycles. The van der Waals surface area contributed by atoms with Crippen molar-refractivity contribution in [2.45, 2.75) is 19.4 Å². The second-order valence-electron chi connectivity index (χ2n) is 3.59. The summed E-state index contributed by atoms with van der Waals surface area (Å²) in [5, 5.41) is 3.23. The van der Waals surface area contributed by atoms with E-state index in [0.717, 1.165) is 30.2 Å². The summed E-state index contributed by atoms with van der Waals surface area (Å²) >= 11 is 3.45. The van der Waals surface area contributed by atoms with Crippen molar-refractivity contribution >= 4 is 15.9 Å². The minimum atomic E-state index is 0.779. The monoisotopic (exact) mass is 243 g/mol. The summed E-state index contributed by atoms with van der Waals surface area (Å²) in [6, 6.07) is 0. The van der Waals surface area contributed by atoms with Crippen molar-refractivity contribution in [3.05, 3.63) is 16.6 Å². The summed E-state index contributed by atoms with van der Waals surface area (Å²) in [5.74, 6) is 0.779. The first kappa shape index (κ1) is 9.21. The molecule has 0 radical (unpaired) electrons. The van der Waals surface area contributed by atoms with Gasteiger partial charge in [0.1, 0.15) is 0 Å². The Morgan fingerprint density at radius 3 is 3.38 bits per heavy atom. The fourth-order valence-electron chi connectivity index (χ4n) is 1.96. The molecular formula is C9H14BrN3. The van der Waals surface area contributed by atoms with Crippen molar-refractivity contribution in [2.24, 2.45) is 5.92 Å². The molecular weight excluding hydrogens is 230 g/mol. The van der Waals surface area contributed by atoms with Gasteiger partial charge in [-0.05, 0) is 48.3 Å². The molecule has 3 nitrogen and oxygen atoms in total. The van der Waals surface area contributed by atoms with E-state index in [1.165, 1.54) is 12.1 Å². The molecule has 1 N–H and O–H groups in total. The van der Waals surface area contributed by atoms with Gasteiger partial charge in [-0.1, -0.05) is 0 Å². The van der Waals surface area contributed by atoms with Crippen LogP contribution < -0.4 is 5.32 Å². The Hall–Kier alpha value is -0.350. The van der Waals surface area contributed by atoms with Crippen LogP contribution in [-0.4, -0.2) is 23.1 Å². The number of aromatic nitrogens is 2. The molecule has 4 heteroatoms. The molecule has 0 saturated heterocycles. The summed E-state index contributed by atoms with van der Waals surface area (Å²) in [7, 11) is 2.02. The number of fused-ring (bicyclic) bond motifs is 1. The molecule has 0 aromatic carbocycles. The van der Waals surface area contributed by atoms with Crippen LogP contribution in [0.25, 0.3) is 0 Å². The zero-order chi connectivity index (χ0) is 9.26. The standard InChI is InChI=1S/C9H14BrN3/c1-11-5-7-2-3-13-8(4-7)6-12-9(13)10/h6-7,11H,2-5H2,1H3. The van der Waals surface area contributed by atoms with Gasteiger partial charge in [0.2, 0.25) is 0 Å². The third-order valence-corrected chi connectivity index (χ3v) is 3.27. The number of imidazole rings is 1. The minimum Gasteiger partial charge on any atom is -0.323 e. The second kappa shape index (κ2) is 3.80. The van der Waals surface area contributed by atoms with Crippen LogP contribution >= 0.6 is 15.9 Å². The number of nitrogens with zero attached hydrogens (tertiary/aromatic N) is 2. The summed E-state index contributed by atoms with van der Waals surface area (Å²) in [6.45, 7) is 2.21. The highest BCUT2D eigenvalue weighted by atomic mass is 79.9. The highest BCUT2D eigenvalue weighted by Gasteiger charge is 2.19. The Morgan fingerprint density at radius 1 is 1.77 bits per heavy atom. The van der Waals surface area contributed by atoms with Crippen LogP contribution in [-0.2, 0) is 13.0 Å². The lowest BCUT2D eigenvalue weighted by Crippen LogP contribution is -2.27. The molecule has 13 heavy (non-hydrogen) atoms. The van der Waals surface area contributed by atoms with E-state index in [-0.39, 0.29) is 0 Å². The molecule has 0 bridgehead atoms. The van der Waals surface area contributed by atoms with Gasteiger partial charge in [-0.3, -0.25) is 0 Å². The lowest BCUT2D eigenvalue weighted by atomic mass is 9.96. The van der Waals surface area contributed by atoms with E-state index in [2.05, 4.69) is 30.8 Å². The highest BCUT2D eigenvalue weighted by Crippen LogP contribution is 2.23. The van der Waals surface area contributed by atoms with Crippen LogP contribution in [0.2, 0.25) is 0 Å². The van der Waals surface area contributed by atoms with Gasteiger partial charge in [0.05, 0.1) is 0 Å². The molecule has 72 valence electrons. The van der Waals surface area contributed by atoms with Gasteiger partial charge in [-0.15, -0.1) is 0 Å². The number of hydrogen-bond donors (Lipinski definition) is 1. The molecule has 2 rings (SSSR count). The van der Waals surface area contributed by atoms with Crippen molar-refractivity contribution < 1.29 is 0 Å².